The predicted octanol–water partition coefficient (Wildman–Crippen LogP) is 4.78. The summed E-state index contributed by atoms with van der Waals surface area (Å²) in [4.78, 5) is 0. The maximum atomic E-state index is 8.79. The van der Waals surface area contributed by atoms with Crippen LogP contribution in [0.2, 0.25) is 0 Å². The number of hydrogen-bond acceptors (Lipinski definition) is 1. The van der Waals surface area contributed by atoms with Crippen LogP contribution >= 0.6 is 0 Å². The van der Waals surface area contributed by atoms with Crippen molar-refractivity contribution in [1.82, 2.24) is 0 Å². The van der Waals surface area contributed by atoms with Gasteiger partial charge in [0, 0.05) is 6.61 Å². The number of aliphatic hydroxyl groups is 1. The molecule has 0 saturated heterocycles. The maximum Gasteiger partial charge on any atom is 0.0431 e. The summed E-state index contributed by atoms with van der Waals surface area (Å²) in [5, 5.41) is 8.79. The zero-order chi connectivity index (χ0) is 12.2. The molecule has 0 heterocycles. The molecule has 0 aliphatic heterocycles. The first-order valence-electron chi connectivity index (χ1n) is 7.33. The molecule has 2 unspecified atom stereocenters. The Morgan fingerprint density at radius 1 is 0.750 bits per heavy atom. The highest BCUT2D eigenvalue weighted by atomic mass is 16.2. The van der Waals surface area contributed by atoms with E-state index in [4.69, 9.17) is 5.11 Å². The van der Waals surface area contributed by atoms with Gasteiger partial charge in [0.15, 0.2) is 0 Å². The van der Waals surface area contributed by atoms with Gasteiger partial charge in [0.25, 0.3) is 0 Å². The van der Waals surface area contributed by atoms with Crippen LogP contribution in [0.1, 0.15) is 78.6 Å². The van der Waals surface area contributed by atoms with Crippen molar-refractivity contribution in [3.05, 3.63) is 0 Å². The van der Waals surface area contributed by atoms with E-state index in [1.165, 1.54) is 51.4 Å². The minimum Gasteiger partial charge on any atom is -0.396 e. The number of hydrogen-bond donors (Lipinski definition) is 1. The smallest absolute Gasteiger partial charge is 0.0431 e. The fourth-order valence-electron chi connectivity index (χ4n) is 2.23. The molecule has 0 amide bonds. The number of aliphatic hydroxyl groups excluding tert-OH is 1. The van der Waals surface area contributed by atoms with E-state index in [0.717, 1.165) is 18.3 Å². The lowest BCUT2D eigenvalue weighted by Gasteiger charge is -2.19. The molecule has 98 valence electrons. The minimum absolute atomic E-state index is 0.355. The van der Waals surface area contributed by atoms with Gasteiger partial charge in [-0.05, 0) is 24.7 Å². The van der Waals surface area contributed by atoms with Gasteiger partial charge in [0.2, 0.25) is 0 Å². The van der Waals surface area contributed by atoms with Gasteiger partial charge < -0.3 is 5.11 Å². The van der Waals surface area contributed by atoms with Crippen molar-refractivity contribution in [2.24, 2.45) is 11.8 Å². The van der Waals surface area contributed by atoms with Crippen molar-refractivity contribution in [2.75, 3.05) is 6.61 Å². The molecule has 16 heavy (non-hydrogen) atoms. The summed E-state index contributed by atoms with van der Waals surface area (Å²) < 4.78 is 0. The largest absolute Gasteiger partial charge is 0.396 e. The summed E-state index contributed by atoms with van der Waals surface area (Å²) in [6, 6.07) is 0. The Bertz CT molecular complexity index is 133. The van der Waals surface area contributed by atoms with Crippen LogP contribution in [0, 0.1) is 11.8 Å². The molecule has 0 aromatic heterocycles. The lowest BCUT2D eigenvalue weighted by molar-refractivity contribution is 0.252. The van der Waals surface area contributed by atoms with Crippen LogP contribution in [-0.4, -0.2) is 11.7 Å². The maximum absolute atomic E-state index is 8.79. The molecule has 0 aromatic carbocycles. The van der Waals surface area contributed by atoms with Crippen molar-refractivity contribution < 1.29 is 5.11 Å². The molecule has 0 saturated carbocycles. The van der Waals surface area contributed by atoms with Gasteiger partial charge in [-0.3, -0.25) is 0 Å². The van der Waals surface area contributed by atoms with E-state index in [1.807, 2.05) is 0 Å². The minimum atomic E-state index is 0.355. The monoisotopic (exact) mass is 228 g/mol. The first-order chi connectivity index (χ1) is 7.72. The van der Waals surface area contributed by atoms with E-state index in [1.54, 1.807) is 0 Å². The molecule has 1 N–H and O–H groups in total. The summed E-state index contributed by atoms with van der Waals surface area (Å²) >= 11 is 0. The van der Waals surface area contributed by atoms with Crippen molar-refractivity contribution in [1.29, 1.82) is 0 Å². The molecule has 0 spiro atoms. The fraction of sp³-hybridized carbons (Fsp3) is 1.00. The zero-order valence-electron chi connectivity index (χ0n) is 11.7. The van der Waals surface area contributed by atoms with E-state index >= 15 is 0 Å². The average molecular weight is 228 g/mol. The van der Waals surface area contributed by atoms with Crippen LogP contribution in [0.15, 0.2) is 0 Å². The van der Waals surface area contributed by atoms with Gasteiger partial charge in [-0.1, -0.05) is 65.7 Å². The molecule has 1 nitrogen and oxygen atoms in total. The standard InChI is InChI=1S/C15H32O/c1-4-5-6-7-8-9-11-14(2)15(3)12-10-13-16/h14-16H,4-13H2,1-3H3. The second-order valence-electron chi connectivity index (χ2n) is 5.38. The van der Waals surface area contributed by atoms with E-state index in [9.17, 15) is 0 Å². The highest BCUT2D eigenvalue weighted by molar-refractivity contribution is 4.62. The molecular weight excluding hydrogens is 196 g/mol. The third-order valence-corrected chi connectivity index (χ3v) is 3.80. The third-order valence-electron chi connectivity index (χ3n) is 3.80. The summed E-state index contributed by atoms with van der Waals surface area (Å²) in [5.41, 5.74) is 0. The topological polar surface area (TPSA) is 20.2 Å². The van der Waals surface area contributed by atoms with Crippen molar-refractivity contribution in [2.45, 2.75) is 78.6 Å². The average Bonchev–Trinajstić information content (AvgIpc) is 2.30. The van der Waals surface area contributed by atoms with Gasteiger partial charge in [0.05, 0.1) is 0 Å². The van der Waals surface area contributed by atoms with Crippen molar-refractivity contribution in [3.63, 3.8) is 0 Å². The Kier molecular flexibility index (Phi) is 11.4. The molecule has 0 aromatic rings. The van der Waals surface area contributed by atoms with Crippen LogP contribution in [-0.2, 0) is 0 Å². The summed E-state index contributed by atoms with van der Waals surface area (Å²) in [5.74, 6) is 1.61. The summed E-state index contributed by atoms with van der Waals surface area (Å²) in [7, 11) is 0. The quantitative estimate of drug-likeness (QED) is 0.504. The zero-order valence-corrected chi connectivity index (χ0v) is 11.7. The Labute approximate surface area is 103 Å². The Morgan fingerprint density at radius 3 is 1.81 bits per heavy atom. The molecule has 0 radical (unpaired) electrons. The lowest BCUT2D eigenvalue weighted by atomic mass is 9.87. The highest BCUT2D eigenvalue weighted by Gasteiger charge is 2.10. The van der Waals surface area contributed by atoms with Crippen molar-refractivity contribution >= 4 is 0 Å². The normalized spacial score (nSPS) is 15.0. The second-order valence-corrected chi connectivity index (χ2v) is 5.38. The van der Waals surface area contributed by atoms with Crippen LogP contribution in [0.25, 0.3) is 0 Å². The van der Waals surface area contributed by atoms with Crippen LogP contribution in [0.5, 0.6) is 0 Å². The van der Waals surface area contributed by atoms with Gasteiger partial charge in [-0.2, -0.15) is 0 Å². The molecule has 0 bridgehead atoms. The Morgan fingerprint density at radius 2 is 1.25 bits per heavy atom. The molecule has 0 rings (SSSR count). The summed E-state index contributed by atoms with van der Waals surface area (Å²) in [6.45, 7) is 7.32. The summed E-state index contributed by atoms with van der Waals surface area (Å²) in [6.07, 6.45) is 11.9. The molecule has 0 aliphatic carbocycles. The third kappa shape index (κ3) is 9.21. The van der Waals surface area contributed by atoms with Crippen molar-refractivity contribution in [3.8, 4) is 0 Å². The Balaban J connectivity index is 3.31. The van der Waals surface area contributed by atoms with E-state index in [2.05, 4.69) is 20.8 Å². The van der Waals surface area contributed by atoms with Crippen LogP contribution in [0.4, 0.5) is 0 Å². The van der Waals surface area contributed by atoms with Gasteiger partial charge in [-0.15, -0.1) is 0 Å². The highest BCUT2D eigenvalue weighted by Crippen LogP contribution is 2.22. The SMILES string of the molecule is CCCCCCCCC(C)C(C)CCCO. The molecule has 0 fully saturated rings. The van der Waals surface area contributed by atoms with Gasteiger partial charge >= 0.3 is 0 Å². The fourth-order valence-corrected chi connectivity index (χ4v) is 2.23. The lowest BCUT2D eigenvalue weighted by Crippen LogP contribution is -2.08. The number of unbranched alkanes of at least 4 members (excludes halogenated alkanes) is 5. The first-order valence-corrected chi connectivity index (χ1v) is 7.33. The van der Waals surface area contributed by atoms with Gasteiger partial charge in [0.1, 0.15) is 0 Å². The van der Waals surface area contributed by atoms with E-state index in [-0.39, 0.29) is 0 Å². The van der Waals surface area contributed by atoms with Gasteiger partial charge in [-0.25, -0.2) is 0 Å². The molecular formula is C15H32O. The Hall–Kier alpha value is -0.0400. The molecule has 1 heteroatoms. The van der Waals surface area contributed by atoms with Crippen LogP contribution < -0.4 is 0 Å². The predicted molar refractivity (Wildman–Crippen MR) is 72.6 cm³/mol. The number of rotatable bonds is 11. The molecule has 0 aliphatic rings. The second kappa shape index (κ2) is 11.4. The van der Waals surface area contributed by atoms with E-state index in [0.29, 0.717) is 6.61 Å². The molecule has 2 atom stereocenters. The first kappa shape index (κ1) is 16.0. The van der Waals surface area contributed by atoms with E-state index < -0.39 is 0 Å². The van der Waals surface area contributed by atoms with Crippen LogP contribution in [0.3, 0.4) is 0 Å².